The molecule has 19 heavy (non-hydrogen) atoms. The summed E-state index contributed by atoms with van der Waals surface area (Å²) in [5.41, 5.74) is 11.3. The number of hydrogen-bond acceptors (Lipinski definition) is 3. The highest BCUT2D eigenvalue weighted by molar-refractivity contribution is 5.95. The summed E-state index contributed by atoms with van der Waals surface area (Å²) in [7, 11) is 0. The second kappa shape index (κ2) is 5.71. The number of amides is 3. The molecule has 0 spiro atoms. The van der Waals surface area contributed by atoms with E-state index in [9.17, 15) is 9.59 Å². The summed E-state index contributed by atoms with van der Waals surface area (Å²) >= 11 is 0. The SMILES string of the molecule is CC(N)c1cccc(NC(=O)NC(C)(C)C(N)=O)c1. The topological polar surface area (TPSA) is 110 Å². The van der Waals surface area contributed by atoms with Gasteiger partial charge in [0.15, 0.2) is 0 Å². The molecule has 1 aromatic rings. The van der Waals surface area contributed by atoms with E-state index in [-0.39, 0.29) is 6.04 Å². The first-order chi connectivity index (χ1) is 8.72. The Kier molecular flexibility index (Phi) is 4.50. The maximum absolute atomic E-state index is 11.8. The molecule has 6 nitrogen and oxygen atoms in total. The van der Waals surface area contributed by atoms with Gasteiger partial charge in [-0.3, -0.25) is 4.79 Å². The molecule has 0 bridgehead atoms. The molecule has 0 radical (unpaired) electrons. The standard InChI is InChI=1S/C13H20N4O2/c1-8(14)9-5-4-6-10(7-9)16-12(19)17-13(2,3)11(15)18/h4-8H,14H2,1-3H3,(H2,15,18)(H2,16,17,19). The van der Waals surface area contributed by atoms with Gasteiger partial charge in [0.05, 0.1) is 0 Å². The average molecular weight is 264 g/mol. The van der Waals surface area contributed by atoms with E-state index < -0.39 is 17.5 Å². The first-order valence-corrected chi connectivity index (χ1v) is 5.97. The van der Waals surface area contributed by atoms with Crippen LogP contribution in [0, 0.1) is 0 Å². The predicted octanol–water partition coefficient (Wildman–Crippen LogP) is 1.09. The Morgan fingerprint density at radius 2 is 1.95 bits per heavy atom. The quantitative estimate of drug-likeness (QED) is 0.653. The first-order valence-electron chi connectivity index (χ1n) is 5.97. The van der Waals surface area contributed by atoms with E-state index in [2.05, 4.69) is 10.6 Å². The molecular weight excluding hydrogens is 244 g/mol. The third-order valence-corrected chi connectivity index (χ3v) is 2.71. The van der Waals surface area contributed by atoms with Gasteiger partial charge in [-0.2, -0.15) is 0 Å². The number of nitrogens with two attached hydrogens (primary N) is 2. The highest BCUT2D eigenvalue weighted by Gasteiger charge is 2.26. The Morgan fingerprint density at radius 3 is 2.47 bits per heavy atom. The van der Waals surface area contributed by atoms with Crippen LogP contribution < -0.4 is 22.1 Å². The maximum atomic E-state index is 11.8. The van der Waals surface area contributed by atoms with Crippen molar-refractivity contribution in [3.63, 3.8) is 0 Å². The van der Waals surface area contributed by atoms with Crippen LogP contribution in [0.15, 0.2) is 24.3 Å². The van der Waals surface area contributed by atoms with E-state index in [4.69, 9.17) is 11.5 Å². The van der Waals surface area contributed by atoms with E-state index in [1.165, 1.54) is 13.8 Å². The van der Waals surface area contributed by atoms with Crippen LogP contribution in [-0.2, 0) is 4.79 Å². The minimum Gasteiger partial charge on any atom is -0.368 e. The number of rotatable bonds is 4. The lowest BCUT2D eigenvalue weighted by Gasteiger charge is -2.22. The molecule has 1 aromatic carbocycles. The zero-order chi connectivity index (χ0) is 14.6. The summed E-state index contributed by atoms with van der Waals surface area (Å²) in [6.07, 6.45) is 0. The van der Waals surface area contributed by atoms with Crippen molar-refractivity contribution in [3.05, 3.63) is 29.8 Å². The second-order valence-electron chi connectivity index (χ2n) is 4.98. The van der Waals surface area contributed by atoms with Crippen molar-refractivity contribution in [2.75, 3.05) is 5.32 Å². The Labute approximate surface area is 112 Å². The van der Waals surface area contributed by atoms with Crippen molar-refractivity contribution in [1.82, 2.24) is 5.32 Å². The lowest BCUT2D eigenvalue weighted by Crippen LogP contribution is -2.54. The van der Waals surface area contributed by atoms with Gasteiger partial charge in [0.25, 0.3) is 0 Å². The number of hydrogen-bond donors (Lipinski definition) is 4. The second-order valence-corrected chi connectivity index (χ2v) is 4.98. The van der Waals surface area contributed by atoms with Gasteiger partial charge in [0, 0.05) is 11.7 Å². The molecule has 3 amide bonds. The zero-order valence-corrected chi connectivity index (χ0v) is 11.4. The summed E-state index contributed by atoms with van der Waals surface area (Å²) in [4.78, 5) is 22.9. The summed E-state index contributed by atoms with van der Waals surface area (Å²) in [5.74, 6) is -0.605. The van der Waals surface area contributed by atoms with Crippen LogP contribution in [0.25, 0.3) is 0 Å². The average Bonchev–Trinajstić information content (AvgIpc) is 2.28. The normalized spacial score (nSPS) is 12.6. The lowest BCUT2D eigenvalue weighted by atomic mass is 10.1. The van der Waals surface area contributed by atoms with E-state index >= 15 is 0 Å². The van der Waals surface area contributed by atoms with Crippen LogP contribution in [0.3, 0.4) is 0 Å². The molecule has 6 N–H and O–H groups in total. The molecule has 0 saturated heterocycles. The highest BCUT2D eigenvalue weighted by atomic mass is 16.2. The molecule has 0 aliphatic carbocycles. The fraction of sp³-hybridized carbons (Fsp3) is 0.385. The van der Waals surface area contributed by atoms with Crippen LogP contribution in [0.2, 0.25) is 0 Å². The predicted molar refractivity (Wildman–Crippen MR) is 74.5 cm³/mol. The summed E-state index contributed by atoms with van der Waals surface area (Å²) < 4.78 is 0. The van der Waals surface area contributed by atoms with E-state index in [1.54, 1.807) is 18.2 Å². The molecule has 1 atom stereocenters. The van der Waals surface area contributed by atoms with Crippen molar-refractivity contribution < 1.29 is 9.59 Å². The fourth-order valence-corrected chi connectivity index (χ4v) is 1.41. The van der Waals surface area contributed by atoms with E-state index in [0.29, 0.717) is 5.69 Å². The van der Waals surface area contributed by atoms with Gasteiger partial charge in [-0.05, 0) is 38.5 Å². The lowest BCUT2D eigenvalue weighted by molar-refractivity contribution is -0.122. The zero-order valence-electron chi connectivity index (χ0n) is 11.4. The molecular formula is C13H20N4O2. The van der Waals surface area contributed by atoms with Crippen molar-refractivity contribution in [1.29, 1.82) is 0 Å². The van der Waals surface area contributed by atoms with Crippen molar-refractivity contribution in [2.45, 2.75) is 32.4 Å². The van der Waals surface area contributed by atoms with Crippen LogP contribution in [0.5, 0.6) is 0 Å². The molecule has 0 aromatic heterocycles. The smallest absolute Gasteiger partial charge is 0.320 e. The largest absolute Gasteiger partial charge is 0.368 e. The fourth-order valence-electron chi connectivity index (χ4n) is 1.41. The van der Waals surface area contributed by atoms with E-state index in [1.807, 2.05) is 13.0 Å². The van der Waals surface area contributed by atoms with Gasteiger partial charge < -0.3 is 22.1 Å². The number of benzene rings is 1. The monoisotopic (exact) mass is 264 g/mol. The van der Waals surface area contributed by atoms with Crippen LogP contribution >= 0.6 is 0 Å². The molecule has 104 valence electrons. The number of nitrogens with one attached hydrogen (secondary N) is 2. The van der Waals surface area contributed by atoms with Gasteiger partial charge in [-0.15, -0.1) is 0 Å². The van der Waals surface area contributed by atoms with Crippen molar-refractivity contribution >= 4 is 17.6 Å². The molecule has 1 rings (SSSR count). The Bertz CT molecular complexity index is 483. The van der Waals surface area contributed by atoms with Crippen molar-refractivity contribution in [3.8, 4) is 0 Å². The van der Waals surface area contributed by atoms with Gasteiger partial charge in [-0.25, -0.2) is 4.79 Å². The molecule has 0 fully saturated rings. The van der Waals surface area contributed by atoms with Gasteiger partial charge >= 0.3 is 6.03 Å². The third-order valence-electron chi connectivity index (χ3n) is 2.71. The maximum Gasteiger partial charge on any atom is 0.320 e. The Hall–Kier alpha value is -2.08. The number of anilines is 1. The minimum atomic E-state index is -1.11. The molecule has 0 heterocycles. The Balaban J connectivity index is 2.72. The van der Waals surface area contributed by atoms with Gasteiger partial charge in [-0.1, -0.05) is 12.1 Å². The number of primary amides is 1. The van der Waals surface area contributed by atoms with Gasteiger partial charge in [0.1, 0.15) is 5.54 Å². The van der Waals surface area contributed by atoms with Crippen molar-refractivity contribution in [2.24, 2.45) is 11.5 Å². The van der Waals surface area contributed by atoms with Crippen LogP contribution in [0.4, 0.5) is 10.5 Å². The van der Waals surface area contributed by atoms with Crippen LogP contribution in [-0.4, -0.2) is 17.5 Å². The molecule has 6 heteroatoms. The van der Waals surface area contributed by atoms with E-state index in [0.717, 1.165) is 5.56 Å². The number of carbonyl (C=O) groups excluding carboxylic acids is 2. The summed E-state index contributed by atoms with van der Waals surface area (Å²) in [6.45, 7) is 4.93. The summed E-state index contributed by atoms with van der Waals surface area (Å²) in [6, 6.07) is 6.58. The highest BCUT2D eigenvalue weighted by Crippen LogP contribution is 2.15. The van der Waals surface area contributed by atoms with Crippen LogP contribution in [0.1, 0.15) is 32.4 Å². The Morgan fingerprint density at radius 1 is 1.32 bits per heavy atom. The molecule has 0 aliphatic rings. The molecule has 0 saturated carbocycles. The first kappa shape index (κ1) is 15.0. The summed E-state index contributed by atoms with van der Waals surface area (Å²) in [5, 5.41) is 5.13. The van der Waals surface area contributed by atoms with Gasteiger partial charge in [0.2, 0.25) is 5.91 Å². The molecule has 1 unspecified atom stereocenters. The molecule has 0 aliphatic heterocycles. The number of carbonyl (C=O) groups is 2. The third kappa shape index (κ3) is 4.26. The number of urea groups is 1. The minimum absolute atomic E-state index is 0.119.